The second kappa shape index (κ2) is 9.47. The molecule has 5 nitrogen and oxygen atoms in total. The van der Waals surface area contributed by atoms with Crippen molar-refractivity contribution in [3.8, 4) is 0 Å². The van der Waals surface area contributed by atoms with Gasteiger partial charge in [-0.25, -0.2) is 0 Å². The van der Waals surface area contributed by atoms with E-state index < -0.39 is 0 Å². The van der Waals surface area contributed by atoms with Crippen LogP contribution < -0.4 is 11.1 Å². The van der Waals surface area contributed by atoms with Crippen LogP contribution in [0.5, 0.6) is 0 Å². The monoisotopic (exact) mass is 393 g/mol. The molecule has 1 fully saturated rings. The SMILES string of the molecule is CC(CN)C(=O)N1CCC(C(=O)Nc2ccc(Cl)c(Cl)c2)CC1.Cl. The number of carbonyl (C=O) groups excluding carboxylic acids is 2. The lowest BCUT2D eigenvalue weighted by molar-refractivity contribution is -0.137. The van der Waals surface area contributed by atoms with Gasteiger partial charge in [0, 0.05) is 37.2 Å². The summed E-state index contributed by atoms with van der Waals surface area (Å²) in [5.74, 6) is -0.267. The normalized spacial score (nSPS) is 16.2. The first-order valence-corrected chi connectivity index (χ1v) is 8.42. The number of amides is 2. The molecule has 24 heavy (non-hydrogen) atoms. The molecule has 1 aromatic carbocycles. The van der Waals surface area contributed by atoms with Gasteiger partial charge in [-0.1, -0.05) is 30.1 Å². The van der Waals surface area contributed by atoms with E-state index in [1.54, 1.807) is 23.1 Å². The van der Waals surface area contributed by atoms with Crippen LogP contribution in [0.4, 0.5) is 5.69 Å². The lowest BCUT2D eigenvalue weighted by atomic mass is 9.95. The van der Waals surface area contributed by atoms with Gasteiger partial charge in [0.25, 0.3) is 0 Å². The highest BCUT2D eigenvalue weighted by Crippen LogP contribution is 2.26. The van der Waals surface area contributed by atoms with Crippen molar-refractivity contribution in [1.82, 2.24) is 4.90 Å². The zero-order valence-corrected chi connectivity index (χ0v) is 15.8. The van der Waals surface area contributed by atoms with Crippen molar-refractivity contribution in [3.63, 3.8) is 0 Å². The van der Waals surface area contributed by atoms with Gasteiger partial charge in [-0.05, 0) is 31.0 Å². The lowest BCUT2D eigenvalue weighted by Gasteiger charge is -2.32. The van der Waals surface area contributed by atoms with Crippen molar-refractivity contribution in [1.29, 1.82) is 0 Å². The second-order valence-corrected chi connectivity index (χ2v) is 6.67. The summed E-state index contributed by atoms with van der Waals surface area (Å²) in [6.45, 7) is 3.34. The molecule has 1 heterocycles. The van der Waals surface area contributed by atoms with Crippen LogP contribution in [0.3, 0.4) is 0 Å². The fraction of sp³-hybridized carbons (Fsp3) is 0.500. The highest BCUT2D eigenvalue weighted by atomic mass is 35.5. The van der Waals surface area contributed by atoms with E-state index in [2.05, 4.69) is 5.32 Å². The van der Waals surface area contributed by atoms with E-state index in [9.17, 15) is 9.59 Å². The molecule has 1 aromatic rings. The molecule has 1 saturated heterocycles. The summed E-state index contributed by atoms with van der Waals surface area (Å²) >= 11 is 11.8. The standard InChI is InChI=1S/C16H21Cl2N3O2.ClH/c1-10(9-19)16(23)21-6-4-11(5-7-21)15(22)20-12-2-3-13(17)14(18)8-12;/h2-3,8,10-11H,4-7,9,19H2,1H3,(H,20,22);1H. The first-order chi connectivity index (χ1) is 10.9. The van der Waals surface area contributed by atoms with Crippen molar-refractivity contribution < 1.29 is 9.59 Å². The van der Waals surface area contributed by atoms with Crippen LogP contribution in [-0.2, 0) is 9.59 Å². The Morgan fingerprint density at radius 1 is 1.29 bits per heavy atom. The Morgan fingerprint density at radius 3 is 2.46 bits per heavy atom. The van der Waals surface area contributed by atoms with Gasteiger partial charge in [-0.3, -0.25) is 9.59 Å². The summed E-state index contributed by atoms with van der Waals surface area (Å²) < 4.78 is 0. The molecule has 0 saturated carbocycles. The van der Waals surface area contributed by atoms with E-state index in [0.717, 1.165) is 0 Å². The number of hydrogen-bond donors (Lipinski definition) is 2. The molecule has 0 bridgehead atoms. The largest absolute Gasteiger partial charge is 0.342 e. The summed E-state index contributed by atoms with van der Waals surface area (Å²) in [6.07, 6.45) is 1.30. The Kier molecular flexibility index (Phi) is 8.30. The number of benzene rings is 1. The Morgan fingerprint density at radius 2 is 1.92 bits per heavy atom. The van der Waals surface area contributed by atoms with E-state index in [1.165, 1.54) is 0 Å². The van der Waals surface area contributed by atoms with Crippen molar-refractivity contribution >= 4 is 53.1 Å². The molecule has 1 aliphatic rings. The quantitative estimate of drug-likeness (QED) is 0.823. The molecule has 1 aliphatic heterocycles. The van der Waals surface area contributed by atoms with Crippen molar-refractivity contribution in [3.05, 3.63) is 28.2 Å². The highest BCUT2D eigenvalue weighted by Gasteiger charge is 2.28. The van der Waals surface area contributed by atoms with Gasteiger partial charge < -0.3 is 16.0 Å². The predicted octanol–water partition coefficient (Wildman–Crippen LogP) is 3.19. The van der Waals surface area contributed by atoms with E-state index >= 15 is 0 Å². The van der Waals surface area contributed by atoms with Gasteiger partial charge in [0.05, 0.1) is 10.0 Å². The van der Waals surface area contributed by atoms with Crippen LogP contribution in [0.25, 0.3) is 0 Å². The highest BCUT2D eigenvalue weighted by molar-refractivity contribution is 6.42. The third-order valence-electron chi connectivity index (χ3n) is 4.14. The van der Waals surface area contributed by atoms with Gasteiger partial charge >= 0.3 is 0 Å². The number of rotatable bonds is 4. The van der Waals surface area contributed by atoms with Gasteiger partial charge in [0.2, 0.25) is 11.8 Å². The molecule has 0 spiro atoms. The van der Waals surface area contributed by atoms with E-state index in [0.29, 0.717) is 48.2 Å². The Hall–Kier alpha value is -1.01. The van der Waals surface area contributed by atoms with Crippen molar-refractivity contribution in [2.45, 2.75) is 19.8 Å². The van der Waals surface area contributed by atoms with E-state index in [-0.39, 0.29) is 36.1 Å². The first-order valence-electron chi connectivity index (χ1n) is 7.67. The summed E-state index contributed by atoms with van der Waals surface area (Å²) in [4.78, 5) is 26.2. The minimum atomic E-state index is -0.170. The van der Waals surface area contributed by atoms with Crippen LogP contribution in [0.1, 0.15) is 19.8 Å². The molecule has 1 unspecified atom stereocenters. The number of carbonyl (C=O) groups is 2. The molecule has 0 aromatic heterocycles. The molecule has 1 atom stereocenters. The molecular formula is C16H22Cl3N3O2. The molecule has 0 aliphatic carbocycles. The van der Waals surface area contributed by atoms with Crippen LogP contribution in [-0.4, -0.2) is 36.3 Å². The maximum absolute atomic E-state index is 12.3. The zero-order chi connectivity index (χ0) is 17.0. The third kappa shape index (κ3) is 5.24. The third-order valence-corrected chi connectivity index (χ3v) is 4.88. The van der Waals surface area contributed by atoms with E-state index in [1.807, 2.05) is 6.92 Å². The molecule has 8 heteroatoms. The topological polar surface area (TPSA) is 75.4 Å². The molecule has 0 radical (unpaired) electrons. The summed E-state index contributed by atoms with van der Waals surface area (Å²) in [5.41, 5.74) is 6.16. The lowest BCUT2D eigenvalue weighted by Crippen LogP contribution is -2.44. The molecular weight excluding hydrogens is 373 g/mol. The van der Waals surface area contributed by atoms with Crippen LogP contribution in [0.15, 0.2) is 18.2 Å². The Bertz CT molecular complexity index is 590. The van der Waals surface area contributed by atoms with Crippen molar-refractivity contribution in [2.75, 3.05) is 25.0 Å². The number of anilines is 1. The number of nitrogens with two attached hydrogens (primary N) is 1. The number of piperidine rings is 1. The zero-order valence-electron chi connectivity index (χ0n) is 13.4. The number of hydrogen-bond acceptors (Lipinski definition) is 3. The minimum absolute atomic E-state index is 0. The maximum Gasteiger partial charge on any atom is 0.227 e. The average Bonchev–Trinajstić information content (AvgIpc) is 2.57. The Balaban J connectivity index is 0.00000288. The predicted molar refractivity (Wildman–Crippen MR) is 99.9 cm³/mol. The van der Waals surface area contributed by atoms with Crippen LogP contribution in [0.2, 0.25) is 10.0 Å². The second-order valence-electron chi connectivity index (χ2n) is 5.85. The van der Waals surface area contributed by atoms with Gasteiger partial charge in [0.15, 0.2) is 0 Å². The summed E-state index contributed by atoms with van der Waals surface area (Å²) in [7, 11) is 0. The van der Waals surface area contributed by atoms with Gasteiger partial charge in [0.1, 0.15) is 0 Å². The molecule has 2 rings (SSSR count). The molecule has 134 valence electrons. The smallest absolute Gasteiger partial charge is 0.227 e. The first kappa shape index (κ1) is 21.0. The van der Waals surface area contributed by atoms with Gasteiger partial charge in [-0.15, -0.1) is 12.4 Å². The van der Waals surface area contributed by atoms with Crippen molar-refractivity contribution in [2.24, 2.45) is 17.6 Å². The van der Waals surface area contributed by atoms with Crippen LogP contribution >= 0.6 is 35.6 Å². The minimum Gasteiger partial charge on any atom is -0.342 e. The van der Waals surface area contributed by atoms with Crippen LogP contribution in [0, 0.1) is 11.8 Å². The van der Waals surface area contributed by atoms with E-state index in [4.69, 9.17) is 28.9 Å². The molecule has 2 amide bonds. The number of halogens is 3. The average molecular weight is 395 g/mol. The molecule has 3 N–H and O–H groups in total. The summed E-state index contributed by atoms with van der Waals surface area (Å²) in [5, 5.41) is 3.71. The summed E-state index contributed by atoms with van der Waals surface area (Å²) in [6, 6.07) is 4.99. The number of likely N-dealkylation sites (tertiary alicyclic amines) is 1. The Labute approximate surface area is 158 Å². The number of nitrogens with zero attached hydrogens (tertiary/aromatic N) is 1. The fourth-order valence-electron chi connectivity index (χ4n) is 2.59. The maximum atomic E-state index is 12.3. The van der Waals surface area contributed by atoms with Gasteiger partial charge in [-0.2, -0.15) is 0 Å². The number of nitrogens with one attached hydrogen (secondary N) is 1. The fourth-order valence-corrected chi connectivity index (χ4v) is 2.89.